The summed E-state index contributed by atoms with van der Waals surface area (Å²) in [6.45, 7) is 1.57. The molecule has 0 bridgehead atoms. The van der Waals surface area contributed by atoms with E-state index in [9.17, 15) is 14.0 Å². The minimum Gasteiger partial charge on any atom is -0.460 e. The molecule has 0 amide bonds. The van der Waals surface area contributed by atoms with Gasteiger partial charge in [0.1, 0.15) is 12.4 Å². The monoisotopic (exact) mass is 362 g/mol. The molecule has 0 aliphatic rings. The number of carbonyl (C=O) groups excluding carboxylic acids is 2. The molecule has 3 nitrogen and oxygen atoms in total. The van der Waals surface area contributed by atoms with E-state index in [-0.39, 0.29) is 6.61 Å². The molecule has 0 saturated heterocycles. The van der Waals surface area contributed by atoms with Gasteiger partial charge < -0.3 is 4.74 Å². The number of benzene rings is 3. The van der Waals surface area contributed by atoms with Crippen molar-refractivity contribution in [3.05, 3.63) is 107 Å². The van der Waals surface area contributed by atoms with E-state index in [1.807, 2.05) is 30.3 Å². The molecule has 0 aliphatic carbocycles. The van der Waals surface area contributed by atoms with Crippen molar-refractivity contribution in [1.82, 2.24) is 0 Å². The predicted molar refractivity (Wildman–Crippen MR) is 101 cm³/mol. The summed E-state index contributed by atoms with van der Waals surface area (Å²) in [5.41, 5.74) is 0.0142. The van der Waals surface area contributed by atoms with Gasteiger partial charge >= 0.3 is 5.97 Å². The number of halogens is 1. The molecule has 1 unspecified atom stereocenters. The number of hydrogen-bond acceptors (Lipinski definition) is 3. The average Bonchev–Trinajstić information content (AvgIpc) is 2.72. The highest BCUT2D eigenvalue weighted by Gasteiger charge is 2.44. The van der Waals surface area contributed by atoms with Crippen molar-refractivity contribution in [1.29, 1.82) is 0 Å². The van der Waals surface area contributed by atoms with Crippen LogP contribution in [0.2, 0.25) is 0 Å². The lowest BCUT2D eigenvalue weighted by molar-refractivity contribution is -0.149. The van der Waals surface area contributed by atoms with Crippen molar-refractivity contribution in [2.45, 2.75) is 18.9 Å². The van der Waals surface area contributed by atoms with Crippen LogP contribution in [-0.2, 0) is 21.6 Å². The predicted octanol–water partition coefficient (Wildman–Crippen LogP) is 4.71. The smallest absolute Gasteiger partial charge is 0.324 e. The summed E-state index contributed by atoms with van der Waals surface area (Å²) < 4.78 is 18.8. The van der Waals surface area contributed by atoms with Crippen LogP contribution in [0.15, 0.2) is 84.9 Å². The molecule has 0 heterocycles. The maximum atomic E-state index is 13.4. The number of ketones is 1. The Labute approximate surface area is 157 Å². The first-order valence-corrected chi connectivity index (χ1v) is 8.59. The van der Waals surface area contributed by atoms with Crippen LogP contribution < -0.4 is 0 Å². The summed E-state index contributed by atoms with van der Waals surface area (Å²) >= 11 is 0. The van der Waals surface area contributed by atoms with Crippen LogP contribution in [0.1, 0.15) is 28.4 Å². The van der Waals surface area contributed by atoms with E-state index in [0.717, 1.165) is 5.56 Å². The molecular weight excluding hydrogens is 343 g/mol. The quantitative estimate of drug-likeness (QED) is 0.362. The van der Waals surface area contributed by atoms with E-state index in [4.69, 9.17) is 4.74 Å². The molecule has 3 aromatic carbocycles. The third-order valence-electron chi connectivity index (χ3n) is 4.53. The van der Waals surface area contributed by atoms with Crippen molar-refractivity contribution in [3.8, 4) is 0 Å². The second-order valence-electron chi connectivity index (χ2n) is 6.39. The van der Waals surface area contributed by atoms with Crippen LogP contribution in [0.4, 0.5) is 4.39 Å². The number of carbonyl (C=O) groups is 2. The van der Waals surface area contributed by atoms with Gasteiger partial charge in [0, 0.05) is 5.56 Å². The van der Waals surface area contributed by atoms with Gasteiger partial charge in [0.05, 0.1) is 0 Å². The van der Waals surface area contributed by atoms with E-state index in [1.54, 1.807) is 30.3 Å². The molecule has 3 rings (SSSR count). The topological polar surface area (TPSA) is 43.4 Å². The molecule has 3 aromatic rings. The molecule has 0 spiro atoms. The van der Waals surface area contributed by atoms with Crippen LogP contribution in [-0.4, -0.2) is 11.8 Å². The zero-order chi connectivity index (χ0) is 19.3. The first-order chi connectivity index (χ1) is 13.0. The summed E-state index contributed by atoms with van der Waals surface area (Å²) in [6.07, 6.45) is 0. The van der Waals surface area contributed by atoms with Gasteiger partial charge in [-0.25, -0.2) is 4.39 Å². The van der Waals surface area contributed by atoms with Crippen molar-refractivity contribution < 1.29 is 18.7 Å². The van der Waals surface area contributed by atoms with Gasteiger partial charge in [-0.15, -0.1) is 0 Å². The Hall–Kier alpha value is -3.27. The van der Waals surface area contributed by atoms with Crippen molar-refractivity contribution in [3.63, 3.8) is 0 Å². The molecule has 0 N–H and O–H groups in total. The molecule has 0 fully saturated rings. The molecule has 0 saturated carbocycles. The molecule has 0 aromatic heterocycles. The van der Waals surface area contributed by atoms with Crippen molar-refractivity contribution >= 4 is 11.8 Å². The Morgan fingerprint density at radius 3 is 2.00 bits per heavy atom. The number of ether oxygens (including phenoxy) is 1. The zero-order valence-corrected chi connectivity index (χ0v) is 14.9. The minimum atomic E-state index is -1.58. The summed E-state index contributed by atoms with van der Waals surface area (Å²) in [7, 11) is 0. The number of Topliss-reactive ketones (excluding diaryl/α,β-unsaturated/α-hetero) is 1. The second kappa shape index (κ2) is 7.96. The maximum absolute atomic E-state index is 13.4. The summed E-state index contributed by atoms with van der Waals surface area (Å²) in [5, 5.41) is 0. The first-order valence-electron chi connectivity index (χ1n) is 8.59. The van der Waals surface area contributed by atoms with Crippen molar-refractivity contribution in [2.24, 2.45) is 0 Å². The molecule has 136 valence electrons. The summed E-state index contributed by atoms with van der Waals surface area (Å²) in [6, 6.07) is 23.1. The Morgan fingerprint density at radius 2 is 1.41 bits per heavy atom. The zero-order valence-electron chi connectivity index (χ0n) is 14.9. The van der Waals surface area contributed by atoms with Crippen LogP contribution in [0.25, 0.3) is 0 Å². The molecule has 0 radical (unpaired) electrons. The van der Waals surface area contributed by atoms with Gasteiger partial charge in [-0.2, -0.15) is 0 Å². The minimum absolute atomic E-state index is 0.0541. The van der Waals surface area contributed by atoms with E-state index < -0.39 is 23.0 Å². The van der Waals surface area contributed by atoms with E-state index in [0.29, 0.717) is 11.1 Å². The highest BCUT2D eigenvalue weighted by Crippen LogP contribution is 2.30. The highest BCUT2D eigenvalue weighted by molar-refractivity contribution is 6.16. The van der Waals surface area contributed by atoms with Crippen molar-refractivity contribution in [2.75, 3.05) is 0 Å². The highest BCUT2D eigenvalue weighted by atomic mass is 19.1. The fraction of sp³-hybridized carbons (Fsp3) is 0.130. The Morgan fingerprint density at radius 1 is 0.852 bits per heavy atom. The summed E-state index contributed by atoms with van der Waals surface area (Å²) in [4.78, 5) is 26.2. The fourth-order valence-corrected chi connectivity index (χ4v) is 2.87. The average molecular weight is 362 g/mol. The number of rotatable bonds is 6. The van der Waals surface area contributed by atoms with Gasteiger partial charge in [-0.1, -0.05) is 72.8 Å². The van der Waals surface area contributed by atoms with Gasteiger partial charge in [0.25, 0.3) is 0 Å². The van der Waals surface area contributed by atoms with Crippen LogP contribution >= 0.6 is 0 Å². The molecule has 4 heteroatoms. The van der Waals surface area contributed by atoms with Gasteiger partial charge in [0.15, 0.2) is 11.2 Å². The van der Waals surface area contributed by atoms with Gasteiger partial charge in [0.2, 0.25) is 0 Å². The Kier molecular flexibility index (Phi) is 5.46. The van der Waals surface area contributed by atoms with E-state index in [2.05, 4.69) is 0 Å². The standard InChI is InChI=1S/C23H19FO3/c1-23(19-12-14-20(24)15-13-19,21(25)18-10-6-3-7-11-18)22(26)27-16-17-8-4-2-5-9-17/h2-15H,16H2,1H3. The Balaban J connectivity index is 1.95. The third kappa shape index (κ3) is 3.95. The van der Waals surface area contributed by atoms with Crippen LogP contribution in [0.3, 0.4) is 0 Å². The lowest BCUT2D eigenvalue weighted by atomic mass is 9.76. The fourth-order valence-electron chi connectivity index (χ4n) is 2.87. The SMILES string of the molecule is CC(C(=O)OCc1ccccc1)(C(=O)c1ccccc1)c1ccc(F)cc1. The van der Waals surface area contributed by atoms with E-state index in [1.165, 1.54) is 31.2 Å². The normalized spacial score (nSPS) is 12.8. The second-order valence-corrected chi connectivity index (χ2v) is 6.39. The maximum Gasteiger partial charge on any atom is 0.324 e. The van der Waals surface area contributed by atoms with E-state index >= 15 is 0 Å². The van der Waals surface area contributed by atoms with Crippen LogP contribution in [0, 0.1) is 5.82 Å². The van der Waals surface area contributed by atoms with Crippen LogP contribution in [0.5, 0.6) is 0 Å². The van der Waals surface area contributed by atoms with Gasteiger partial charge in [-0.3, -0.25) is 9.59 Å². The molecule has 1 atom stereocenters. The molecule has 27 heavy (non-hydrogen) atoms. The number of hydrogen-bond donors (Lipinski definition) is 0. The molecular formula is C23H19FO3. The molecule has 0 aliphatic heterocycles. The van der Waals surface area contributed by atoms with Gasteiger partial charge in [-0.05, 0) is 30.2 Å². The Bertz CT molecular complexity index is 921. The summed E-state index contributed by atoms with van der Waals surface area (Å²) in [5.74, 6) is -1.51. The largest absolute Gasteiger partial charge is 0.460 e. The first kappa shape index (κ1) is 18.5. The number of esters is 1. The third-order valence-corrected chi connectivity index (χ3v) is 4.53. The lowest BCUT2D eigenvalue weighted by Gasteiger charge is -2.26. The lowest BCUT2D eigenvalue weighted by Crippen LogP contribution is -2.42.